The minimum atomic E-state index is -1.24. The first-order valence-corrected chi connectivity index (χ1v) is 32.9. The van der Waals surface area contributed by atoms with Crippen LogP contribution in [0, 0.1) is 23.7 Å². The van der Waals surface area contributed by atoms with Crippen molar-refractivity contribution in [3.8, 4) is 0 Å². The van der Waals surface area contributed by atoms with E-state index in [4.69, 9.17) is 11.5 Å². The molecule has 2 aliphatic heterocycles. The lowest BCUT2D eigenvalue weighted by Crippen LogP contribution is -2.61. The van der Waals surface area contributed by atoms with Crippen molar-refractivity contribution in [2.75, 3.05) is 53.9 Å². The first-order chi connectivity index (χ1) is 41.8. The van der Waals surface area contributed by atoms with E-state index in [2.05, 4.69) is 43.8 Å². The van der Waals surface area contributed by atoms with Gasteiger partial charge in [-0.2, -0.15) is 0 Å². The van der Waals surface area contributed by atoms with E-state index in [0.717, 1.165) is 76.2 Å². The van der Waals surface area contributed by atoms with Crippen molar-refractivity contribution in [2.24, 2.45) is 40.1 Å². The Balaban J connectivity index is 1.54. The smallest absolute Gasteiger partial charge is 0.245 e. The first-order valence-electron chi connectivity index (χ1n) is 32.9. The highest BCUT2D eigenvalue weighted by Crippen LogP contribution is 2.26. The third kappa shape index (κ3) is 25.3. The van der Waals surface area contributed by atoms with Crippen LogP contribution in [0.5, 0.6) is 0 Å². The summed E-state index contributed by atoms with van der Waals surface area (Å²) in [5.74, 6) is -5.79. The maximum absolute atomic E-state index is 15.0. The molecule has 11 N–H and O–H groups in total. The molecule has 9 amide bonds. The summed E-state index contributed by atoms with van der Waals surface area (Å²) in [6.45, 7) is 14.4. The minimum Gasteiger partial charge on any atom is -0.391 e. The highest BCUT2D eigenvalue weighted by Gasteiger charge is 2.45. The van der Waals surface area contributed by atoms with Gasteiger partial charge in [0.15, 0.2) is 5.96 Å². The molecule has 2 saturated heterocycles. The summed E-state index contributed by atoms with van der Waals surface area (Å²) in [6.07, 6.45) is 12.4. The van der Waals surface area contributed by atoms with Crippen molar-refractivity contribution < 1.29 is 48.3 Å². The second kappa shape index (κ2) is 38.2. The highest BCUT2D eigenvalue weighted by molar-refractivity contribution is 5.98. The Bertz CT molecular complexity index is 2410. The number of carbonyl (C=O) groups excluding carboxylic acids is 9. The van der Waals surface area contributed by atoms with Crippen LogP contribution >= 0.6 is 0 Å². The molecule has 0 unspecified atom stereocenters. The number of aliphatic hydroxyl groups excluding tert-OH is 1. The Morgan fingerprint density at radius 2 is 1.30 bits per heavy atom. The van der Waals surface area contributed by atoms with Gasteiger partial charge in [0.05, 0.1) is 12.0 Å². The van der Waals surface area contributed by atoms with Gasteiger partial charge in [-0.3, -0.25) is 48.1 Å². The van der Waals surface area contributed by atoms with E-state index in [1.807, 2.05) is 77.0 Å². The quantitative estimate of drug-likeness (QED) is 0.0203. The van der Waals surface area contributed by atoms with E-state index in [1.54, 1.807) is 18.7 Å². The molecule has 9 atom stereocenters. The number of nitrogens with two attached hydrogens (primary N) is 2. The van der Waals surface area contributed by atoms with Crippen LogP contribution in [0.25, 0.3) is 0 Å². The third-order valence-corrected chi connectivity index (χ3v) is 17.1. The second-order valence-electron chi connectivity index (χ2n) is 26.4. The molecule has 88 heavy (non-hydrogen) atoms. The van der Waals surface area contributed by atoms with Gasteiger partial charge in [-0.25, -0.2) is 0 Å². The molecule has 0 bridgehead atoms. The van der Waals surface area contributed by atoms with E-state index in [1.165, 1.54) is 16.8 Å². The number of aliphatic imine (C=N–C) groups is 1. The summed E-state index contributed by atoms with van der Waals surface area (Å²) in [5.41, 5.74) is 11.9. The molecule has 1 aromatic carbocycles. The SMILES string of the molecule is CCCCCCCC(=O)N1CCC[C@H](C(=O)N[C@@H](Cc2ccccc2)C(=O)N[C@H](CCN(C)C)C(=O)N[C@@H](CC(C)C)C(=O)N2C[C@H](O)C[C@H]2C(=O)N(C)[C@@H](CC(C)C)C(=O)N[C@H](C(=O)N[C@@H](CCCN=C(N)N)C(=O)NC2CCCCCC2)C(C)C)C1. The Kier molecular flexibility index (Phi) is 32.2. The Labute approximate surface area is 524 Å². The molecule has 2 heterocycles. The lowest BCUT2D eigenvalue weighted by molar-refractivity contribution is -0.149. The number of amides is 9. The zero-order chi connectivity index (χ0) is 65.0. The van der Waals surface area contributed by atoms with Gasteiger partial charge in [0.2, 0.25) is 53.2 Å². The van der Waals surface area contributed by atoms with Crippen LogP contribution in [0.2, 0.25) is 0 Å². The van der Waals surface area contributed by atoms with Gasteiger partial charge in [0.25, 0.3) is 0 Å². The Morgan fingerprint density at radius 1 is 0.670 bits per heavy atom. The zero-order valence-corrected chi connectivity index (χ0v) is 54.8. The fourth-order valence-electron chi connectivity index (χ4n) is 12.0. The maximum atomic E-state index is 15.0. The largest absolute Gasteiger partial charge is 0.391 e. The van der Waals surface area contributed by atoms with Crippen molar-refractivity contribution in [1.29, 1.82) is 0 Å². The number of piperidine rings is 1. The van der Waals surface area contributed by atoms with Crippen LogP contribution < -0.4 is 43.4 Å². The van der Waals surface area contributed by atoms with Gasteiger partial charge < -0.3 is 68.1 Å². The number of likely N-dealkylation sites (N-methyl/N-ethyl adjacent to an activating group) is 1. The molecule has 1 aromatic rings. The van der Waals surface area contributed by atoms with Gasteiger partial charge >= 0.3 is 0 Å². The number of β-amino-alcohol motifs (C(OH)–C–C–N with tert-alkyl or cyclic N) is 1. The lowest BCUT2D eigenvalue weighted by Gasteiger charge is -2.35. The maximum Gasteiger partial charge on any atom is 0.245 e. The van der Waals surface area contributed by atoms with Gasteiger partial charge in [-0.15, -0.1) is 0 Å². The predicted octanol–water partition coefficient (Wildman–Crippen LogP) is 3.63. The van der Waals surface area contributed by atoms with Crippen LogP contribution in [0.15, 0.2) is 35.3 Å². The summed E-state index contributed by atoms with van der Waals surface area (Å²) >= 11 is 0. The number of carbonyl (C=O) groups is 9. The van der Waals surface area contributed by atoms with Gasteiger partial charge in [0, 0.05) is 58.5 Å². The lowest BCUT2D eigenvalue weighted by atomic mass is 9.95. The van der Waals surface area contributed by atoms with Crippen molar-refractivity contribution >= 4 is 59.1 Å². The van der Waals surface area contributed by atoms with Crippen LogP contribution in [0.4, 0.5) is 0 Å². The van der Waals surface area contributed by atoms with Crippen molar-refractivity contribution in [2.45, 2.75) is 238 Å². The number of hydrogen-bond donors (Lipinski definition) is 9. The number of aliphatic hydroxyl groups is 1. The number of nitrogens with zero attached hydrogens (tertiary/aromatic N) is 5. The molecular formula is C65H111N13O10. The molecule has 0 aromatic heterocycles. The van der Waals surface area contributed by atoms with Crippen molar-refractivity contribution in [3.05, 3.63) is 35.9 Å². The Morgan fingerprint density at radius 3 is 1.92 bits per heavy atom. The van der Waals surface area contributed by atoms with Crippen molar-refractivity contribution in [3.63, 3.8) is 0 Å². The number of benzene rings is 1. The van der Waals surface area contributed by atoms with E-state index in [-0.39, 0.29) is 99.7 Å². The summed E-state index contributed by atoms with van der Waals surface area (Å²) in [6, 6.07) is 1.23. The first kappa shape index (κ1) is 74.1. The molecule has 1 saturated carbocycles. The molecule has 0 spiro atoms. The molecule has 3 fully saturated rings. The number of guanidine groups is 1. The fraction of sp³-hybridized carbons (Fsp3) is 0.754. The predicted molar refractivity (Wildman–Crippen MR) is 342 cm³/mol. The van der Waals surface area contributed by atoms with Crippen LogP contribution in [0.1, 0.15) is 182 Å². The van der Waals surface area contributed by atoms with Crippen LogP contribution in [-0.4, -0.2) is 192 Å². The summed E-state index contributed by atoms with van der Waals surface area (Å²) in [7, 11) is 5.10. The summed E-state index contributed by atoms with van der Waals surface area (Å²) in [4.78, 5) is 139. The van der Waals surface area contributed by atoms with Gasteiger partial charge in [-0.05, 0) is 108 Å². The van der Waals surface area contributed by atoms with E-state index in [9.17, 15) is 48.3 Å². The zero-order valence-electron chi connectivity index (χ0n) is 54.8. The molecule has 0 radical (unpaired) electrons. The molecule has 496 valence electrons. The summed E-state index contributed by atoms with van der Waals surface area (Å²) in [5, 5.41) is 29.0. The minimum absolute atomic E-state index is 0.0227. The molecular weight excluding hydrogens is 1120 g/mol. The van der Waals surface area contributed by atoms with Gasteiger partial charge in [0.1, 0.15) is 42.3 Å². The number of nitrogens with one attached hydrogen (secondary N) is 6. The molecule has 3 aliphatic rings. The van der Waals surface area contributed by atoms with E-state index >= 15 is 0 Å². The van der Waals surface area contributed by atoms with Gasteiger partial charge in [-0.1, -0.05) is 130 Å². The standard InChI is InChI=1S/C65H111N13O10/c1-11-12-13-14-22-31-55(80)77-34-24-27-46(40-77)57(81)72-51(38-45-25-18-17-19-26-45)60(84)70-50(32-35-75(8)9)59(83)73-52(36-42(2)3)63(87)78-41-48(79)39-54(78)64(88)76(10)53(37-43(4)5)61(85)74-56(44(6)7)62(86)71-49(30-23-33-68-65(66)67)58(82)69-47-28-20-15-16-21-29-47/h17-19,25-26,42-44,46-54,56,79H,11-16,20-24,27-41H2,1-10H3,(H,69,82)(H,70,84)(H,71,86)(H,72,81)(H,73,83)(H,74,85)(H4,66,67,68)/t46-,48+,49-,50+,51-,52-,53-,54-,56-/m0/s1. The summed E-state index contributed by atoms with van der Waals surface area (Å²) < 4.78 is 0. The Hall–Kier alpha value is -6.36. The number of unbranched alkanes of at least 4 members (excludes halogenated alkanes) is 4. The molecule has 4 rings (SSSR count). The molecule has 23 heteroatoms. The highest BCUT2D eigenvalue weighted by atomic mass is 16.3. The van der Waals surface area contributed by atoms with Crippen molar-refractivity contribution in [1.82, 2.24) is 51.5 Å². The van der Waals surface area contributed by atoms with Crippen LogP contribution in [0.3, 0.4) is 0 Å². The number of rotatable bonds is 35. The van der Waals surface area contributed by atoms with Crippen LogP contribution in [-0.2, 0) is 49.6 Å². The monoisotopic (exact) mass is 1230 g/mol. The average Bonchev–Trinajstić information content (AvgIpc) is 3.08. The van der Waals surface area contributed by atoms with E-state index in [0.29, 0.717) is 38.8 Å². The number of likely N-dealkylation sites (tertiary alicyclic amines) is 2. The third-order valence-electron chi connectivity index (χ3n) is 17.1. The number of hydrogen-bond acceptors (Lipinski definition) is 12. The normalized spacial score (nSPS) is 19.4. The topological polar surface area (TPSA) is 323 Å². The fourth-order valence-corrected chi connectivity index (χ4v) is 12.0. The molecule has 23 nitrogen and oxygen atoms in total. The average molecular weight is 1230 g/mol. The second-order valence-corrected chi connectivity index (χ2v) is 26.4. The van der Waals surface area contributed by atoms with E-state index < -0.39 is 95.7 Å². The molecule has 1 aliphatic carbocycles.